The fourth-order valence-electron chi connectivity index (χ4n) is 4.01. The number of benzene rings is 1. The lowest BCUT2D eigenvalue weighted by atomic mass is 10.1. The Morgan fingerprint density at radius 3 is 2.55 bits per heavy atom. The number of nitrogens with one attached hydrogen (secondary N) is 2. The maximum Gasteiger partial charge on any atom is 0.243 e. The number of aromatic nitrogens is 3. The number of carbonyl (C=O) groups is 1. The van der Waals surface area contributed by atoms with Gasteiger partial charge in [-0.15, -0.1) is 11.3 Å². The number of likely N-dealkylation sites (tertiary alicyclic amines) is 1. The van der Waals surface area contributed by atoms with Crippen LogP contribution in [0.2, 0.25) is 0 Å². The van der Waals surface area contributed by atoms with Crippen LogP contribution in [-0.4, -0.2) is 38.7 Å². The van der Waals surface area contributed by atoms with Crippen molar-refractivity contribution >= 4 is 29.5 Å². The third-order valence-electron chi connectivity index (χ3n) is 5.81. The van der Waals surface area contributed by atoms with Crippen LogP contribution < -0.4 is 5.32 Å². The lowest BCUT2D eigenvalue weighted by molar-refractivity contribution is -0.124. The molecule has 1 aliphatic rings. The first kappa shape index (κ1) is 21.9. The van der Waals surface area contributed by atoms with E-state index in [9.17, 15) is 4.79 Å². The molecule has 1 saturated heterocycles. The highest BCUT2D eigenvalue weighted by Gasteiger charge is 2.21. The number of nitrogens with zero attached hydrogens (tertiary/aromatic N) is 3. The van der Waals surface area contributed by atoms with Gasteiger partial charge in [0.1, 0.15) is 6.04 Å². The average molecular weight is 456 g/mol. The second-order valence-corrected chi connectivity index (χ2v) is 9.43. The zero-order chi connectivity index (χ0) is 21.6. The monoisotopic (exact) mass is 455 g/mol. The van der Waals surface area contributed by atoms with Crippen LogP contribution in [0, 0.1) is 4.77 Å². The normalized spacial score (nSPS) is 16.0. The van der Waals surface area contributed by atoms with Crippen LogP contribution in [-0.2, 0) is 17.9 Å². The van der Waals surface area contributed by atoms with Gasteiger partial charge in [0.25, 0.3) is 0 Å². The standard InChI is InChI=1S/C23H29N5OS2/c1-17(28-21(25-26-23(28)30)20-7-6-14-31-20)22(29)24-15-18-8-10-19(11-9-18)16-27-12-4-2-3-5-13-27/h6-11,14,17H,2-5,12-13,15-16H2,1H3,(H,24,29)(H,26,30). The Kier molecular flexibility index (Phi) is 7.32. The number of hydrogen-bond acceptors (Lipinski definition) is 5. The summed E-state index contributed by atoms with van der Waals surface area (Å²) in [5, 5.41) is 12.2. The van der Waals surface area contributed by atoms with Crippen molar-refractivity contribution < 1.29 is 4.79 Å². The van der Waals surface area contributed by atoms with Gasteiger partial charge in [0.2, 0.25) is 5.91 Å². The number of thiophene rings is 1. The van der Waals surface area contributed by atoms with E-state index in [4.69, 9.17) is 12.2 Å². The molecule has 6 nitrogen and oxygen atoms in total. The van der Waals surface area contributed by atoms with Crippen molar-refractivity contribution in [2.75, 3.05) is 13.1 Å². The van der Waals surface area contributed by atoms with Gasteiger partial charge in [-0.25, -0.2) is 0 Å². The van der Waals surface area contributed by atoms with Gasteiger partial charge in [-0.3, -0.25) is 19.4 Å². The molecule has 1 amide bonds. The summed E-state index contributed by atoms with van der Waals surface area (Å²) in [7, 11) is 0. The van der Waals surface area contributed by atoms with Crippen molar-refractivity contribution in [2.45, 2.75) is 51.7 Å². The Bertz CT molecular complexity index is 1030. The number of carbonyl (C=O) groups excluding carboxylic acids is 1. The summed E-state index contributed by atoms with van der Waals surface area (Å²) in [4.78, 5) is 16.4. The Morgan fingerprint density at radius 2 is 1.87 bits per heavy atom. The molecule has 0 spiro atoms. The molecule has 0 saturated carbocycles. The molecule has 1 aromatic carbocycles. The molecule has 0 radical (unpaired) electrons. The molecule has 4 rings (SSSR count). The lowest BCUT2D eigenvalue weighted by Gasteiger charge is -2.20. The van der Waals surface area contributed by atoms with E-state index in [0.29, 0.717) is 17.1 Å². The quantitative estimate of drug-likeness (QED) is 0.496. The predicted octanol–water partition coefficient (Wildman–Crippen LogP) is 4.92. The van der Waals surface area contributed by atoms with E-state index in [-0.39, 0.29) is 5.91 Å². The minimum atomic E-state index is -0.453. The molecule has 164 valence electrons. The van der Waals surface area contributed by atoms with Gasteiger partial charge >= 0.3 is 0 Å². The average Bonchev–Trinajstić information content (AvgIpc) is 3.37. The molecule has 1 atom stereocenters. The fraction of sp³-hybridized carbons (Fsp3) is 0.435. The first-order valence-electron chi connectivity index (χ1n) is 10.9. The summed E-state index contributed by atoms with van der Waals surface area (Å²) in [5.41, 5.74) is 2.42. The second kappa shape index (κ2) is 10.3. The Balaban J connectivity index is 1.35. The topological polar surface area (TPSA) is 66.0 Å². The molecule has 8 heteroatoms. The van der Waals surface area contributed by atoms with Crippen LogP contribution in [0.25, 0.3) is 10.7 Å². The van der Waals surface area contributed by atoms with E-state index < -0.39 is 6.04 Å². The number of amides is 1. The summed E-state index contributed by atoms with van der Waals surface area (Å²) in [6.45, 7) is 5.74. The third-order valence-corrected chi connectivity index (χ3v) is 6.96. The van der Waals surface area contributed by atoms with Gasteiger partial charge in [0.05, 0.1) is 4.88 Å². The summed E-state index contributed by atoms with van der Waals surface area (Å²) >= 11 is 6.95. The number of hydrogen-bond donors (Lipinski definition) is 2. The van der Waals surface area contributed by atoms with Gasteiger partial charge in [-0.1, -0.05) is 43.2 Å². The van der Waals surface area contributed by atoms with Gasteiger partial charge in [0.15, 0.2) is 10.6 Å². The minimum Gasteiger partial charge on any atom is -0.350 e. The van der Waals surface area contributed by atoms with Crippen LogP contribution >= 0.6 is 23.6 Å². The van der Waals surface area contributed by atoms with Crippen molar-refractivity contribution in [3.8, 4) is 10.7 Å². The molecule has 3 aromatic rings. The van der Waals surface area contributed by atoms with E-state index in [1.807, 2.05) is 24.4 Å². The molecular formula is C23H29N5OS2. The number of aromatic amines is 1. The molecule has 2 N–H and O–H groups in total. The predicted molar refractivity (Wildman–Crippen MR) is 127 cm³/mol. The second-order valence-electron chi connectivity index (χ2n) is 8.10. The van der Waals surface area contributed by atoms with Gasteiger partial charge in [-0.05, 0) is 67.6 Å². The minimum absolute atomic E-state index is 0.0797. The molecule has 31 heavy (non-hydrogen) atoms. The highest BCUT2D eigenvalue weighted by Crippen LogP contribution is 2.25. The van der Waals surface area contributed by atoms with Crippen molar-refractivity contribution in [2.24, 2.45) is 0 Å². The van der Waals surface area contributed by atoms with Crippen LogP contribution in [0.1, 0.15) is 49.8 Å². The first-order valence-corrected chi connectivity index (χ1v) is 12.2. The maximum absolute atomic E-state index is 12.8. The fourth-order valence-corrected chi connectivity index (χ4v) is 5.01. The van der Waals surface area contributed by atoms with E-state index in [1.54, 1.807) is 15.9 Å². The molecular weight excluding hydrogens is 426 g/mol. The van der Waals surface area contributed by atoms with Crippen LogP contribution in [0.4, 0.5) is 0 Å². The smallest absolute Gasteiger partial charge is 0.243 e. The zero-order valence-corrected chi connectivity index (χ0v) is 19.5. The number of rotatable bonds is 7. The molecule has 0 bridgehead atoms. The van der Waals surface area contributed by atoms with Gasteiger partial charge in [-0.2, -0.15) is 5.10 Å². The summed E-state index contributed by atoms with van der Waals surface area (Å²) in [5.74, 6) is 0.615. The van der Waals surface area contributed by atoms with Crippen molar-refractivity contribution in [3.63, 3.8) is 0 Å². The Morgan fingerprint density at radius 1 is 1.16 bits per heavy atom. The molecule has 2 aromatic heterocycles. The molecule has 1 aliphatic heterocycles. The summed E-state index contributed by atoms with van der Waals surface area (Å²) in [6, 6.07) is 12.1. The van der Waals surface area contributed by atoms with Gasteiger partial charge in [0, 0.05) is 13.1 Å². The third kappa shape index (κ3) is 5.50. The highest BCUT2D eigenvalue weighted by molar-refractivity contribution is 7.71. The van der Waals surface area contributed by atoms with Crippen molar-refractivity contribution in [1.82, 2.24) is 25.0 Å². The highest BCUT2D eigenvalue weighted by atomic mass is 32.1. The molecule has 3 heterocycles. The van der Waals surface area contributed by atoms with Gasteiger partial charge < -0.3 is 5.32 Å². The zero-order valence-electron chi connectivity index (χ0n) is 17.8. The summed E-state index contributed by atoms with van der Waals surface area (Å²) in [6.07, 6.45) is 5.31. The maximum atomic E-state index is 12.8. The largest absolute Gasteiger partial charge is 0.350 e. The van der Waals surface area contributed by atoms with E-state index in [0.717, 1.165) is 17.0 Å². The Labute approximate surface area is 192 Å². The van der Waals surface area contributed by atoms with E-state index in [2.05, 4.69) is 44.7 Å². The van der Waals surface area contributed by atoms with E-state index in [1.165, 1.54) is 44.3 Å². The van der Waals surface area contributed by atoms with Crippen LogP contribution in [0.15, 0.2) is 41.8 Å². The SMILES string of the molecule is CC(C(=O)NCc1ccc(CN2CCCCCC2)cc1)n1c(-c2cccs2)n[nH]c1=S. The Hall–Kier alpha value is -2.29. The molecule has 1 unspecified atom stereocenters. The van der Waals surface area contributed by atoms with Crippen LogP contribution in [0.5, 0.6) is 0 Å². The van der Waals surface area contributed by atoms with Crippen LogP contribution in [0.3, 0.4) is 0 Å². The lowest BCUT2D eigenvalue weighted by Crippen LogP contribution is -2.31. The molecule has 0 aliphatic carbocycles. The van der Waals surface area contributed by atoms with E-state index >= 15 is 0 Å². The molecule has 1 fully saturated rings. The van der Waals surface area contributed by atoms with Crippen molar-refractivity contribution in [3.05, 3.63) is 57.7 Å². The summed E-state index contributed by atoms with van der Waals surface area (Å²) < 4.78 is 2.23. The van der Waals surface area contributed by atoms with Crippen molar-refractivity contribution in [1.29, 1.82) is 0 Å². The number of H-pyrrole nitrogens is 1. The first-order chi connectivity index (χ1) is 15.1.